The fourth-order valence-electron chi connectivity index (χ4n) is 2.57. The van der Waals surface area contributed by atoms with Gasteiger partial charge in [0, 0.05) is 0 Å². The Morgan fingerprint density at radius 3 is 1.56 bits per heavy atom. The lowest BCUT2D eigenvalue weighted by atomic mass is 9.93. The van der Waals surface area contributed by atoms with Crippen LogP contribution in [0, 0.1) is 5.92 Å². The molecule has 94 valence electrons. The number of rotatable bonds is 1. The van der Waals surface area contributed by atoms with E-state index in [1.165, 1.54) is 64.9 Å². The van der Waals surface area contributed by atoms with Crippen molar-refractivity contribution in [2.24, 2.45) is 5.92 Å². The molecule has 0 aromatic heterocycles. The highest BCUT2D eigenvalue weighted by molar-refractivity contribution is 5.72. The second-order valence-electron chi connectivity index (χ2n) is 4.98. The van der Waals surface area contributed by atoms with Crippen LogP contribution in [-0.4, -0.2) is 13.1 Å². The van der Waals surface area contributed by atoms with Gasteiger partial charge in [-0.25, -0.2) is 0 Å². The van der Waals surface area contributed by atoms with E-state index in [1.54, 1.807) is 0 Å². The minimum absolute atomic E-state index is 0.0112. The van der Waals surface area contributed by atoms with Crippen molar-refractivity contribution in [2.45, 2.75) is 70.6 Å². The molecule has 0 saturated heterocycles. The van der Waals surface area contributed by atoms with Crippen molar-refractivity contribution in [1.29, 1.82) is 0 Å². The number of hydrogen-bond donors (Lipinski definition) is 0. The summed E-state index contributed by atoms with van der Waals surface area (Å²) in [4.78, 5) is 11.6. The summed E-state index contributed by atoms with van der Waals surface area (Å²) in [6.45, 7) is 0. The first kappa shape index (κ1) is 13.5. The SMILES string of the molecule is COC(=O)C1CCCCCCCCCCC1. The summed E-state index contributed by atoms with van der Waals surface area (Å²) in [6, 6.07) is 0. The zero-order valence-electron chi connectivity index (χ0n) is 10.7. The molecule has 0 atom stereocenters. The minimum atomic E-state index is 0.0112. The number of carbonyl (C=O) groups is 1. The van der Waals surface area contributed by atoms with Gasteiger partial charge in [0.2, 0.25) is 0 Å². The maximum absolute atomic E-state index is 11.6. The van der Waals surface area contributed by atoms with Crippen LogP contribution in [0.1, 0.15) is 70.6 Å². The van der Waals surface area contributed by atoms with Crippen molar-refractivity contribution in [1.82, 2.24) is 0 Å². The summed E-state index contributed by atoms with van der Waals surface area (Å²) in [7, 11) is 1.51. The fourth-order valence-corrected chi connectivity index (χ4v) is 2.57. The monoisotopic (exact) mass is 226 g/mol. The number of esters is 1. The minimum Gasteiger partial charge on any atom is -0.469 e. The summed E-state index contributed by atoms with van der Waals surface area (Å²) in [5, 5.41) is 0. The van der Waals surface area contributed by atoms with E-state index in [1.807, 2.05) is 0 Å². The van der Waals surface area contributed by atoms with E-state index >= 15 is 0 Å². The molecule has 2 nitrogen and oxygen atoms in total. The quantitative estimate of drug-likeness (QED) is 0.630. The molecule has 16 heavy (non-hydrogen) atoms. The standard InChI is InChI=1S/C14H26O2/c1-16-14(15)13-11-9-7-5-3-2-4-6-8-10-12-13/h13H,2-12H2,1H3. The lowest BCUT2D eigenvalue weighted by Gasteiger charge is -2.15. The summed E-state index contributed by atoms with van der Waals surface area (Å²) in [5.74, 6) is 0.182. The van der Waals surface area contributed by atoms with E-state index in [0.29, 0.717) is 0 Å². The van der Waals surface area contributed by atoms with Gasteiger partial charge < -0.3 is 4.74 Å². The molecular weight excluding hydrogens is 200 g/mol. The number of methoxy groups -OCH3 is 1. The van der Waals surface area contributed by atoms with Crippen molar-refractivity contribution in [3.8, 4) is 0 Å². The van der Waals surface area contributed by atoms with Gasteiger partial charge in [-0.15, -0.1) is 0 Å². The third-order valence-corrected chi connectivity index (χ3v) is 3.64. The molecule has 1 aliphatic carbocycles. The van der Waals surface area contributed by atoms with Crippen LogP contribution in [0.5, 0.6) is 0 Å². The Morgan fingerprint density at radius 1 is 0.812 bits per heavy atom. The first-order valence-electron chi connectivity index (χ1n) is 6.92. The van der Waals surface area contributed by atoms with Crippen LogP contribution in [0.25, 0.3) is 0 Å². The predicted molar refractivity (Wildman–Crippen MR) is 66.3 cm³/mol. The Bertz CT molecular complexity index is 177. The Kier molecular flexibility index (Phi) is 7.28. The Hall–Kier alpha value is -0.530. The maximum atomic E-state index is 11.6. The van der Waals surface area contributed by atoms with Crippen LogP contribution in [0.4, 0.5) is 0 Å². The molecule has 1 aliphatic rings. The van der Waals surface area contributed by atoms with Crippen molar-refractivity contribution < 1.29 is 9.53 Å². The van der Waals surface area contributed by atoms with E-state index in [-0.39, 0.29) is 11.9 Å². The molecule has 0 aromatic carbocycles. The average molecular weight is 226 g/mol. The molecule has 0 radical (unpaired) electrons. The molecule has 0 N–H and O–H groups in total. The largest absolute Gasteiger partial charge is 0.469 e. The summed E-state index contributed by atoms with van der Waals surface area (Å²) >= 11 is 0. The first-order chi connectivity index (χ1) is 7.84. The van der Waals surface area contributed by atoms with Crippen LogP contribution in [0.2, 0.25) is 0 Å². The Balaban J connectivity index is 2.33. The summed E-state index contributed by atoms with van der Waals surface area (Å²) in [5.41, 5.74) is 0. The second kappa shape index (κ2) is 8.60. The van der Waals surface area contributed by atoms with E-state index in [9.17, 15) is 4.79 Å². The van der Waals surface area contributed by atoms with Crippen LogP contribution >= 0.6 is 0 Å². The third kappa shape index (κ3) is 5.53. The molecule has 1 rings (SSSR count). The normalized spacial score (nSPS) is 21.8. The van der Waals surface area contributed by atoms with Gasteiger partial charge in [0.25, 0.3) is 0 Å². The molecule has 0 unspecified atom stereocenters. The van der Waals surface area contributed by atoms with E-state index in [4.69, 9.17) is 4.74 Å². The summed E-state index contributed by atoms with van der Waals surface area (Å²) in [6.07, 6.45) is 13.9. The van der Waals surface area contributed by atoms with Gasteiger partial charge in [-0.05, 0) is 12.8 Å². The van der Waals surface area contributed by atoms with Crippen molar-refractivity contribution in [2.75, 3.05) is 7.11 Å². The topological polar surface area (TPSA) is 26.3 Å². The van der Waals surface area contributed by atoms with Crippen molar-refractivity contribution in [3.05, 3.63) is 0 Å². The molecule has 0 spiro atoms. The lowest BCUT2D eigenvalue weighted by molar-refractivity contribution is -0.146. The van der Waals surface area contributed by atoms with Gasteiger partial charge in [-0.1, -0.05) is 57.8 Å². The molecule has 0 amide bonds. The molecule has 0 aliphatic heterocycles. The van der Waals surface area contributed by atoms with Crippen LogP contribution in [0.3, 0.4) is 0 Å². The van der Waals surface area contributed by atoms with Crippen molar-refractivity contribution >= 4 is 5.97 Å². The van der Waals surface area contributed by atoms with Gasteiger partial charge >= 0.3 is 5.97 Å². The van der Waals surface area contributed by atoms with Crippen LogP contribution in [0.15, 0.2) is 0 Å². The van der Waals surface area contributed by atoms with Gasteiger partial charge in [0.05, 0.1) is 13.0 Å². The average Bonchev–Trinajstić information content (AvgIpc) is 2.29. The van der Waals surface area contributed by atoms with E-state index in [2.05, 4.69) is 0 Å². The zero-order valence-corrected chi connectivity index (χ0v) is 10.7. The molecule has 0 aromatic rings. The zero-order chi connectivity index (χ0) is 11.6. The molecular formula is C14H26O2. The summed E-state index contributed by atoms with van der Waals surface area (Å²) < 4.78 is 4.88. The second-order valence-corrected chi connectivity index (χ2v) is 4.98. The van der Waals surface area contributed by atoms with Gasteiger partial charge in [0.1, 0.15) is 0 Å². The molecule has 1 saturated carbocycles. The molecule has 0 heterocycles. The van der Waals surface area contributed by atoms with E-state index in [0.717, 1.165) is 12.8 Å². The first-order valence-corrected chi connectivity index (χ1v) is 6.92. The number of carbonyl (C=O) groups excluding carboxylic acids is 1. The molecule has 0 bridgehead atoms. The van der Waals surface area contributed by atoms with Crippen molar-refractivity contribution in [3.63, 3.8) is 0 Å². The van der Waals surface area contributed by atoms with Gasteiger partial charge in [0.15, 0.2) is 0 Å². The van der Waals surface area contributed by atoms with Gasteiger partial charge in [-0.3, -0.25) is 4.79 Å². The van der Waals surface area contributed by atoms with E-state index < -0.39 is 0 Å². The number of ether oxygens (including phenoxy) is 1. The van der Waals surface area contributed by atoms with Gasteiger partial charge in [-0.2, -0.15) is 0 Å². The highest BCUT2D eigenvalue weighted by Gasteiger charge is 2.18. The lowest BCUT2D eigenvalue weighted by Crippen LogP contribution is -2.16. The highest BCUT2D eigenvalue weighted by Crippen LogP contribution is 2.21. The van der Waals surface area contributed by atoms with Crippen LogP contribution in [-0.2, 0) is 9.53 Å². The highest BCUT2D eigenvalue weighted by atomic mass is 16.5. The molecule has 2 heteroatoms. The number of hydrogen-bond acceptors (Lipinski definition) is 2. The fraction of sp³-hybridized carbons (Fsp3) is 0.929. The Morgan fingerprint density at radius 2 is 1.19 bits per heavy atom. The smallest absolute Gasteiger partial charge is 0.308 e. The maximum Gasteiger partial charge on any atom is 0.308 e. The third-order valence-electron chi connectivity index (χ3n) is 3.64. The molecule has 1 fully saturated rings. The Labute approximate surface area is 99.8 Å². The van der Waals surface area contributed by atoms with Crippen LogP contribution < -0.4 is 0 Å². The predicted octanol–water partition coefficient (Wildman–Crippen LogP) is 4.08.